The summed E-state index contributed by atoms with van der Waals surface area (Å²) in [6, 6.07) is 26.5. The van der Waals surface area contributed by atoms with Crippen LogP contribution in [0.25, 0.3) is 11.0 Å². The smallest absolute Gasteiger partial charge is 0.227 e. The summed E-state index contributed by atoms with van der Waals surface area (Å²) in [5.74, 6) is 2.03. The van der Waals surface area contributed by atoms with Gasteiger partial charge in [0.05, 0.1) is 17.6 Å². The van der Waals surface area contributed by atoms with E-state index in [0.717, 1.165) is 41.3 Å². The molecule has 1 amide bonds. The number of nitrogens with zero attached hydrogens (tertiary/aromatic N) is 3. The maximum absolute atomic E-state index is 12.9. The lowest BCUT2D eigenvalue weighted by atomic mass is 10.1. The lowest BCUT2D eigenvalue weighted by Gasteiger charge is -2.18. The maximum atomic E-state index is 12.9. The van der Waals surface area contributed by atoms with Crippen molar-refractivity contribution < 1.29 is 9.53 Å². The second-order valence-corrected chi connectivity index (χ2v) is 8.18. The number of para-hydroxylation sites is 2. The van der Waals surface area contributed by atoms with Gasteiger partial charge in [-0.05, 0) is 55.3 Å². The van der Waals surface area contributed by atoms with Crippen LogP contribution in [0.2, 0.25) is 0 Å². The minimum Gasteiger partial charge on any atom is -0.494 e. The summed E-state index contributed by atoms with van der Waals surface area (Å²) < 4.78 is 7.84. The standard InChI is InChI=1S/C27H27N3O2/c1-2-32-23-14-12-22(13-15-23)30-19-21(18-26(30)31)27-28-24-10-6-7-11-25(24)29(27)17-16-20-8-4-3-5-9-20/h3-15,21H,2,16-19H2,1H3. The van der Waals surface area contributed by atoms with E-state index >= 15 is 0 Å². The molecule has 1 saturated heterocycles. The highest BCUT2D eigenvalue weighted by Crippen LogP contribution is 2.34. The molecular formula is C27H27N3O2. The molecule has 2 heterocycles. The molecule has 0 N–H and O–H groups in total. The highest BCUT2D eigenvalue weighted by Gasteiger charge is 2.34. The summed E-state index contributed by atoms with van der Waals surface area (Å²) in [6.45, 7) is 4.07. The Kier molecular flexibility index (Phi) is 5.63. The number of amides is 1. The number of hydrogen-bond donors (Lipinski definition) is 0. The Morgan fingerprint density at radius 1 is 0.969 bits per heavy atom. The Hall–Kier alpha value is -3.60. The van der Waals surface area contributed by atoms with Crippen molar-refractivity contribution in [2.24, 2.45) is 0 Å². The van der Waals surface area contributed by atoms with Crippen molar-refractivity contribution in [1.82, 2.24) is 9.55 Å². The quantitative estimate of drug-likeness (QED) is 0.409. The van der Waals surface area contributed by atoms with E-state index < -0.39 is 0 Å². The molecule has 0 spiro atoms. The summed E-state index contributed by atoms with van der Waals surface area (Å²) in [7, 11) is 0. The predicted molar refractivity (Wildman–Crippen MR) is 127 cm³/mol. The molecule has 1 unspecified atom stereocenters. The molecule has 0 bridgehead atoms. The van der Waals surface area contributed by atoms with E-state index in [1.807, 2.05) is 48.2 Å². The van der Waals surface area contributed by atoms with Crippen molar-refractivity contribution in [1.29, 1.82) is 0 Å². The molecule has 5 nitrogen and oxygen atoms in total. The molecule has 0 saturated carbocycles. The van der Waals surface area contributed by atoms with E-state index in [9.17, 15) is 4.79 Å². The van der Waals surface area contributed by atoms with E-state index in [4.69, 9.17) is 9.72 Å². The highest BCUT2D eigenvalue weighted by atomic mass is 16.5. The first-order chi connectivity index (χ1) is 15.7. The molecule has 5 rings (SSSR count). The van der Waals surface area contributed by atoms with Gasteiger partial charge in [0, 0.05) is 31.1 Å². The molecular weight excluding hydrogens is 398 g/mol. The number of rotatable bonds is 7. The van der Waals surface area contributed by atoms with Crippen LogP contribution in [0, 0.1) is 0 Å². The molecule has 1 atom stereocenters. The van der Waals surface area contributed by atoms with Crippen molar-refractivity contribution in [3.63, 3.8) is 0 Å². The first-order valence-electron chi connectivity index (χ1n) is 11.2. The Morgan fingerprint density at radius 3 is 2.50 bits per heavy atom. The summed E-state index contributed by atoms with van der Waals surface area (Å²) >= 11 is 0. The third kappa shape index (κ3) is 3.98. The molecule has 3 aromatic carbocycles. The van der Waals surface area contributed by atoms with E-state index in [0.29, 0.717) is 19.6 Å². The summed E-state index contributed by atoms with van der Waals surface area (Å²) in [6.07, 6.45) is 1.40. The van der Waals surface area contributed by atoms with Gasteiger partial charge in [0.25, 0.3) is 0 Å². The average Bonchev–Trinajstić information content (AvgIpc) is 3.39. The van der Waals surface area contributed by atoms with Gasteiger partial charge in [-0.2, -0.15) is 0 Å². The third-order valence-corrected chi connectivity index (χ3v) is 6.10. The Morgan fingerprint density at radius 2 is 1.72 bits per heavy atom. The number of carbonyl (C=O) groups is 1. The Bertz CT molecular complexity index is 1210. The summed E-state index contributed by atoms with van der Waals surface area (Å²) in [4.78, 5) is 19.8. The second-order valence-electron chi connectivity index (χ2n) is 8.18. The number of hydrogen-bond acceptors (Lipinski definition) is 3. The minimum absolute atomic E-state index is 0.0669. The largest absolute Gasteiger partial charge is 0.494 e. The monoisotopic (exact) mass is 425 g/mol. The fourth-order valence-electron chi connectivity index (χ4n) is 4.55. The van der Waals surface area contributed by atoms with E-state index in [-0.39, 0.29) is 11.8 Å². The van der Waals surface area contributed by atoms with Gasteiger partial charge in [-0.1, -0.05) is 42.5 Å². The fraction of sp³-hybridized carbons (Fsp3) is 0.259. The van der Waals surface area contributed by atoms with Crippen LogP contribution in [0.3, 0.4) is 0 Å². The van der Waals surface area contributed by atoms with Crippen LogP contribution in [0.5, 0.6) is 5.75 Å². The van der Waals surface area contributed by atoms with Crippen LogP contribution < -0.4 is 9.64 Å². The molecule has 1 aromatic heterocycles. The van der Waals surface area contributed by atoms with Gasteiger partial charge in [0.1, 0.15) is 11.6 Å². The van der Waals surface area contributed by atoms with Crippen molar-refractivity contribution in [3.05, 3.63) is 90.3 Å². The third-order valence-electron chi connectivity index (χ3n) is 6.10. The zero-order chi connectivity index (χ0) is 21.9. The number of aromatic nitrogens is 2. The van der Waals surface area contributed by atoms with Crippen LogP contribution in [0.1, 0.15) is 30.7 Å². The highest BCUT2D eigenvalue weighted by molar-refractivity contribution is 5.96. The van der Waals surface area contributed by atoms with Gasteiger partial charge >= 0.3 is 0 Å². The molecule has 4 aromatic rings. The zero-order valence-corrected chi connectivity index (χ0v) is 18.3. The molecule has 1 aliphatic heterocycles. The number of carbonyl (C=O) groups excluding carboxylic acids is 1. The number of aryl methyl sites for hydroxylation is 2. The Balaban J connectivity index is 1.42. The molecule has 32 heavy (non-hydrogen) atoms. The molecule has 0 aliphatic carbocycles. The fourth-order valence-corrected chi connectivity index (χ4v) is 4.55. The number of anilines is 1. The van der Waals surface area contributed by atoms with Crippen LogP contribution >= 0.6 is 0 Å². The van der Waals surface area contributed by atoms with Gasteiger partial charge in [-0.25, -0.2) is 4.98 Å². The van der Waals surface area contributed by atoms with Gasteiger partial charge in [-0.3, -0.25) is 4.79 Å². The number of imidazole rings is 1. The zero-order valence-electron chi connectivity index (χ0n) is 18.3. The van der Waals surface area contributed by atoms with E-state index in [2.05, 4.69) is 47.0 Å². The summed E-state index contributed by atoms with van der Waals surface area (Å²) in [5, 5.41) is 0. The van der Waals surface area contributed by atoms with Crippen molar-refractivity contribution in [2.75, 3.05) is 18.1 Å². The van der Waals surface area contributed by atoms with Gasteiger partial charge in [0.15, 0.2) is 0 Å². The van der Waals surface area contributed by atoms with Crippen LogP contribution in [-0.4, -0.2) is 28.6 Å². The van der Waals surface area contributed by atoms with Crippen LogP contribution in [-0.2, 0) is 17.8 Å². The summed E-state index contributed by atoms with van der Waals surface area (Å²) in [5.41, 5.74) is 4.33. The molecule has 162 valence electrons. The predicted octanol–water partition coefficient (Wildman–Crippen LogP) is 5.20. The number of benzene rings is 3. The van der Waals surface area contributed by atoms with Crippen molar-refractivity contribution in [2.45, 2.75) is 32.2 Å². The normalized spacial score (nSPS) is 16.1. The van der Waals surface area contributed by atoms with Gasteiger partial charge in [-0.15, -0.1) is 0 Å². The lowest BCUT2D eigenvalue weighted by molar-refractivity contribution is -0.117. The molecule has 1 aliphatic rings. The molecule has 0 radical (unpaired) electrons. The average molecular weight is 426 g/mol. The molecule has 1 fully saturated rings. The molecule has 5 heteroatoms. The Labute approximate surface area is 188 Å². The first kappa shape index (κ1) is 20.3. The van der Waals surface area contributed by atoms with E-state index in [1.165, 1.54) is 5.56 Å². The maximum Gasteiger partial charge on any atom is 0.227 e. The SMILES string of the molecule is CCOc1ccc(N2CC(c3nc4ccccc4n3CCc3ccccc3)CC2=O)cc1. The first-order valence-corrected chi connectivity index (χ1v) is 11.2. The lowest BCUT2D eigenvalue weighted by Crippen LogP contribution is -2.24. The van der Waals surface area contributed by atoms with Gasteiger partial charge < -0.3 is 14.2 Å². The van der Waals surface area contributed by atoms with E-state index in [1.54, 1.807) is 0 Å². The van der Waals surface area contributed by atoms with Crippen LogP contribution in [0.15, 0.2) is 78.9 Å². The topological polar surface area (TPSA) is 47.4 Å². The van der Waals surface area contributed by atoms with Crippen molar-refractivity contribution >= 4 is 22.6 Å². The van der Waals surface area contributed by atoms with Gasteiger partial charge in [0.2, 0.25) is 5.91 Å². The van der Waals surface area contributed by atoms with Crippen molar-refractivity contribution in [3.8, 4) is 5.75 Å². The van der Waals surface area contributed by atoms with Crippen LogP contribution in [0.4, 0.5) is 5.69 Å². The number of ether oxygens (including phenoxy) is 1. The minimum atomic E-state index is 0.0669. The number of fused-ring (bicyclic) bond motifs is 1. The second kappa shape index (κ2) is 8.87.